The van der Waals surface area contributed by atoms with Gasteiger partial charge >= 0.3 is 5.97 Å². The molecule has 4 heteroatoms. The van der Waals surface area contributed by atoms with E-state index in [0.29, 0.717) is 5.92 Å². The highest BCUT2D eigenvalue weighted by atomic mass is 32.1. The van der Waals surface area contributed by atoms with Crippen molar-refractivity contribution in [3.63, 3.8) is 0 Å². The van der Waals surface area contributed by atoms with E-state index in [1.54, 1.807) is 11.3 Å². The van der Waals surface area contributed by atoms with E-state index in [-0.39, 0.29) is 5.92 Å². The minimum Gasteiger partial charge on any atom is -0.481 e. The molecule has 0 amide bonds. The topological polar surface area (TPSA) is 50.2 Å². The van der Waals surface area contributed by atoms with Crippen LogP contribution in [-0.4, -0.2) is 16.1 Å². The normalized spacial score (nSPS) is 24.8. The summed E-state index contributed by atoms with van der Waals surface area (Å²) < 4.78 is 0. The van der Waals surface area contributed by atoms with Crippen molar-refractivity contribution in [3.05, 3.63) is 16.1 Å². The Morgan fingerprint density at radius 2 is 2.18 bits per heavy atom. The zero-order chi connectivity index (χ0) is 12.3. The zero-order valence-corrected chi connectivity index (χ0v) is 11.0. The van der Waals surface area contributed by atoms with E-state index in [0.717, 1.165) is 38.5 Å². The van der Waals surface area contributed by atoms with Crippen LogP contribution in [-0.2, 0) is 11.2 Å². The van der Waals surface area contributed by atoms with Gasteiger partial charge in [-0.05, 0) is 32.1 Å². The highest BCUT2D eigenvalue weighted by Gasteiger charge is 2.28. The summed E-state index contributed by atoms with van der Waals surface area (Å²) in [6.07, 6.45) is 5.77. The standard InChI is InChI=1S/C13H19NO2S/c1-2-3-11-8-17-12(14-11)9-4-6-10(7-5-9)13(15)16/h8-10H,2-7H2,1H3,(H,15,16). The Bertz CT molecular complexity index is 381. The molecule has 1 aliphatic carbocycles. The first-order chi connectivity index (χ1) is 8.20. The molecule has 0 atom stereocenters. The highest BCUT2D eigenvalue weighted by molar-refractivity contribution is 7.09. The molecule has 1 heterocycles. The van der Waals surface area contributed by atoms with Gasteiger partial charge in [0.25, 0.3) is 0 Å². The average Bonchev–Trinajstić information content (AvgIpc) is 2.78. The van der Waals surface area contributed by atoms with Gasteiger partial charge in [-0.25, -0.2) is 4.98 Å². The second-order valence-corrected chi connectivity index (χ2v) is 5.70. The molecule has 0 aliphatic heterocycles. The number of hydrogen-bond donors (Lipinski definition) is 1. The van der Waals surface area contributed by atoms with Gasteiger partial charge in [0.2, 0.25) is 0 Å². The first kappa shape index (κ1) is 12.6. The minimum absolute atomic E-state index is 0.124. The number of aromatic nitrogens is 1. The van der Waals surface area contributed by atoms with Crippen molar-refractivity contribution in [2.45, 2.75) is 51.4 Å². The Labute approximate surface area is 106 Å². The van der Waals surface area contributed by atoms with E-state index in [4.69, 9.17) is 5.11 Å². The monoisotopic (exact) mass is 253 g/mol. The number of carboxylic acid groups (broad SMARTS) is 1. The van der Waals surface area contributed by atoms with Crippen molar-refractivity contribution in [3.8, 4) is 0 Å². The number of hydrogen-bond acceptors (Lipinski definition) is 3. The summed E-state index contributed by atoms with van der Waals surface area (Å²) >= 11 is 1.75. The Balaban J connectivity index is 1.93. The maximum Gasteiger partial charge on any atom is 0.306 e. The molecule has 17 heavy (non-hydrogen) atoms. The maximum absolute atomic E-state index is 10.9. The van der Waals surface area contributed by atoms with E-state index in [1.165, 1.54) is 10.7 Å². The van der Waals surface area contributed by atoms with Crippen LogP contribution in [0, 0.1) is 5.92 Å². The van der Waals surface area contributed by atoms with Gasteiger partial charge in [-0.15, -0.1) is 11.3 Å². The molecule has 3 nitrogen and oxygen atoms in total. The molecule has 0 aromatic carbocycles. The molecule has 1 saturated carbocycles. The lowest BCUT2D eigenvalue weighted by Crippen LogP contribution is -2.20. The molecule has 94 valence electrons. The summed E-state index contributed by atoms with van der Waals surface area (Å²) in [4.78, 5) is 15.5. The van der Waals surface area contributed by atoms with Crippen LogP contribution in [0.25, 0.3) is 0 Å². The van der Waals surface area contributed by atoms with Crippen molar-refractivity contribution in [2.75, 3.05) is 0 Å². The molecule has 1 fully saturated rings. The quantitative estimate of drug-likeness (QED) is 0.894. The molecule has 0 unspecified atom stereocenters. The summed E-state index contributed by atoms with van der Waals surface area (Å²) in [5.74, 6) is -0.253. The van der Waals surface area contributed by atoms with E-state index in [2.05, 4.69) is 17.3 Å². The third-order valence-corrected chi connectivity index (χ3v) is 4.56. The van der Waals surface area contributed by atoms with Gasteiger partial charge in [0.15, 0.2) is 0 Å². The van der Waals surface area contributed by atoms with E-state index in [9.17, 15) is 4.79 Å². The van der Waals surface area contributed by atoms with Crippen LogP contribution in [0.15, 0.2) is 5.38 Å². The predicted octanol–water partition coefficient (Wildman–Crippen LogP) is 3.45. The Morgan fingerprint density at radius 3 is 2.76 bits per heavy atom. The summed E-state index contributed by atoms with van der Waals surface area (Å²) in [5.41, 5.74) is 1.20. The van der Waals surface area contributed by atoms with Gasteiger partial charge < -0.3 is 5.11 Å². The van der Waals surface area contributed by atoms with Gasteiger partial charge in [0, 0.05) is 11.3 Å². The third-order valence-electron chi connectivity index (χ3n) is 3.50. The number of thiazole rings is 1. The second-order valence-electron chi connectivity index (χ2n) is 4.81. The lowest BCUT2D eigenvalue weighted by molar-refractivity contribution is -0.142. The van der Waals surface area contributed by atoms with Crippen molar-refractivity contribution < 1.29 is 9.90 Å². The number of aliphatic carboxylic acids is 1. The van der Waals surface area contributed by atoms with Crippen molar-refractivity contribution in [2.24, 2.45) is 5.92 Å². The fourth-order valence-electron chi connectivity index (χ4n) is 2.47. The largest absolute Gasteiger partial charge is 0.481 e. The Morgan fingerprint density at radius 1 is 1.47 bits per heavy atom. The number of carboxylic acids is 1. The molecule has 1 N–H and O–H groups in total. The van der Waals surface area contributed by atoms with Crippen molar-refractivity contribution in [1.29, 1.82) is 0 Å². The molecule has 0 saturated heterocycles. The summed E-state index contributed by atoms with van der Waals surface area (Å²) in [7, 11) is 0. The van der Waals surface area contributed by atoms with Gasteiger partial charge in [0.1, 0.15) is 0 Å². The van der Waals surface area contributed by atoms with Gasteiger partial charge in [-0.2, -0.15) is 0 Å². The molecule has 1 aliphatic rings. The fourth-order valence-corrected chi connectivity index (χ4v) is 3.49. The molecule has 1 aromatic rings. The molecule has 0 spiro atoms. The lowest BCUT2D eigenvalue weighted by atomic mass is 9.82. The number of rotatable bonds is 4. The average molecular weight is 253 g/mol. The van der Waals surface area contributed by atoms with Gasteiger partial charge in [-0.3, -0.25) is 4.79 Å². The Kier molecular flexibility index (Phi) is 4.15. The third kappa shape index (κ3) is 3.06. The molecule has 2 rings (SSSR count). The fraction of sp³-hybridized carbons (Fsp3) is 0.692. The van der Waals surface area contributed by atoms with E-state index < -0.39 is 5.97 Å². The minimum atomic E-state index is -0.630. The van der Waals surface area contributed by atoms with Gasteiger partial charge in [-0.1, -0.05) is 13.3 Å². The highest BCUT2D eigenvalue weighted by Crippen LogP contribution is 2.37. The van der Waals surface area contributed by atoms with Crippen LogP contribution in [0.5, 0.6) is 0 Å². The Hall–Kier alpha value is -0.900. The molecule has 0 bridgehead atoms. The first-order valence-electron chi connectivity index (χ1n) is 6.37. The number of nitrogens with zero attached hydrogens (tertiary/aromatic N) is 1. The number of aryl methyl sites for hydroxylation is 1. The molecular weight excluding hydrogens is 234 g/mol. The van der Waals surface area contributed by atoms with Crippen LogP contribution in [0.1, 0.15) is 55.6 Å². The molecular formula is C13H19NO2S. The first-order valence-corrected chi connectivity index (χ1v) is 7.25. The molecule has 0 radical (unpaired) electrons. The van der Waals surface area contributed by atoms with Crippen LogP contribution in [0.3, 0.4) is 0 Å². The summed E-state index contributed by atoms with van der Waals surface area (Å²) in [6.45, 7) is 2.16. The van der Waals surface area contributed by atoms with Crippen molar-refractivity contribution >= 4 is 17.3 Å². The predicted molar refractivity (Wildman–Crippen MR) is 68.4 cm³/mol. The zero-order valence-electron chi connectivity index (χ0n) is 10.2. The lowest BCUT2D eigenvalue weighted by Gasteiger charge is -2.24. The summed E-state index contributed by atoms with van der Waals surface area (Å²) in [5, 5.41) is 12.3. The van der Waals surface area contributed by atoms with E-state index >= 15 is 0 Å². The maximum atomic E-state index is 10.9. The van der Waals surface area contributed by atoms with Crippen LogP contribution in [0.4, 0.5) is 0 Å². The van der Waals surface area contributed by atoms with Crippen LogP contribution >= 0.6 is 11.3 Å². The smallest absolute Gasteiger partial charge is 0.306 e. The SMILES string of the molecule is CCCc1csc(C2CCC(C(=O)O)CC2)n1. The number of carbonyl (C=O) groups is 1. The second kappa shape index (κ2) is 5.63. The van der Waals surface area contributed by atoms with Crippen molar-refractivity contribution in [1.82, 2.24) is 4.98 Å². The van der Waals surface area contributed by atoms with Gasteiger partial charge in [0.05, 0.1) is 16.6 Å². The van der Waals surface area contributed by atoms with Crippen LogP contribution < -0.4 is 0 Å². The van der Waals surface area contributed by atoms with Crippen LogP contribution in [0.2, 0.25) is 0 Å². The van der Waals surface area contributed by atoms with E-state index in [1.807, 2.05) is 0 Å². The molecule has 1 aromatic heterocycles. The summed E-state index contributed by atoms with van der Waals surface area (Å²) in [6, 6.07) is 0.